The number of carbonyl (C=O) groups is 2. The molecule has 0 aliphatic carbocycles. The summed E-state index contributed by atoms with van der Waals surface area (Å²) in [5.74, 6) is 0.212. The molecule has 0 bridgehead atoms. The molecule has 38 heavy (non-hydrogen) atoms. The smallest absolute Gasteiger partial charge is 0.273 e. The Bertz CT molecular complexity index is 1450. The topological polar surface area (TPSA) is 76.5 Å². The Morgan fingerprint density at radius 3 is 2.50 bits per heavy atom. The quantitative estimate of drug-likeness (QED) is 0.350. The van der Waals surface area contributed by atoms with Crippen molar-refractivity contribution in [1.82, 2.24) is 20.0 Å². The maximum Gasteiger partial charge on any atom is 0.273 e. The second kappa shape index (κ2) is 10.7. The maximum atomic E-state index is 13.9. The number of hydrogen-bond acceptors (Lipinski definition) is 4. The molecule has 194 valence electrons. The number of para-hydroxylation sites is 1. The van der Waals surface area contributed by atoms with Crippen LogP contribution in [0.5, 0.6) is 5.75 Å². The normalized spacial score (nSPS) is 16.7. The number of halogens is 1. The van der Waals surface area contributed by atoms with Crippen molar-refractivity contribution in [2.75, 3.05) is 13.7 Å². The highest BCUT2D eigenvalue weighted by Gasteiger charge is 2.47. The van der Waals surface area contributed by atoms with Crippen molar-refractivity contribution in [2.45, 2.75) is 32.0 Å². The van der Waals surface area contributed by atoms with Gasteiger partial charge in [0.2, 0.25) is 5.91 Å². The molecular formula is C30H29ClN4O3. The average Bonchev–Trinajstić information content (AvgIpc) is 3.37. The van der Waals surface area contributed by atoms with Crippen molar-refractivity contribution in [3.63, 3.8) is 0 Å². The summed E-state index contributed by atoms with van der Waals surface area (Å²) >= 11 is 6.05. The minimum absolute atomic E-state index is 0.227. The Labute approximate surface area is 227 Å². The van der Waals surface area contributed by atoms with E-state index in [0.717, 1.165) is 16.7 Å². The molecule has 7 nitrogen and oxygen atoms in total. The Kier molecular flexibility index (Phi) is 7.20. The molecule has 0 saturated carbocycles. The molecule has 1 aliphatic heterocycles. The molecule has 0 unspecified atom stereocenters. The number of benzene rings is 3. The SMILES string of the molecule is COc1ccccc1CNC(=O)[C@]1(C)Cn2nc(-c3ccccc3)cc2C(=O)N1CCc1ccc(Cl)cc1. The van der Waals surface area contributed by atoms with Crippen LogP contribution in [0.2, 0.25) is 5.02 Å². The van der Waals surface area contributed by atoms with Crippen molar-refractivity contribution < 1.29 is 14.3 Å². The zero-order chi connectivity index (χ0) is 26.7. The Balaban J connectivity index is 1.45. The van der Waals surface area contributed by atoms with Crippen LogP contribution in [-0.2, 0) is 24.3 Å². The zero-order valence-electron chi connectivity index (χ0n) is 21.4. The number of ether oxygens (including phenoxy) is 1. The molecule has 5 rings (SSSR count). The minimum atomic E-state index is -1.15. The van der Waals surface area contributed by atoms with Crippen LogP contribution in [0.15, 0.2) is 84.9 Å². The highest BCUT2D eigenvalue weighted by atomic mass is 35.5. The molecule has 0 radical (unpaired) electrons. The van der Waals surface area contributed by atoms with E-state index in [2.05, 4.69) is 5.32 Å². The monoisotopic (exact) mass is 528 g/mol. The number of nitrogens with one attached hydrogen (secondary N) is 1. The molecule has 0 fully saturated rings. The van der Waals surface area contributed by atoms with Crippen LogP contribution in [0, 0.1) is 0 Å². The second-order valence-corrected chi connectivity index (χ2v) is 9.98. The minimum Gasteiger partial charge on any atom is -0.496 e. The van der Waals surface area contributed by atoms with Gasteiger partial charge in [0, 0.05) is 29.2 Å². The van der Waals surface area contributed by atoms with Gasteiger partial charge in [-0.15, -0.1) is 0 Å². The molecule has 1 aromatic heterocycles. The summed E-state index contributed by atoms with van der Waals surface area (Å²) in [6.07, 6.45) is 0.581. The van der Waals surface area contributed by atoms with Crippen LogP contribution < -0.4 is 10.1 Å². The van der Waals surface area contributed by atoms with Crippen molar-refractivity contribution in [1.29, 1.82) is 0 Å². The van der Waals surface area contributed by atoms with Crippen molar-refractivity contribution in [2.24, 2.45) is 0 Å². The summed E-state index contributed by atoms with van der Waals surface area (Å²) in [6, 6.07) is 26.6. The first kappa shape index (κ1) is 25.5. The Morgan fingerprint density at radius 1 is 1.05 bits per heavy atom. The van der Waals surface area contributed by atoms with Gasteiger partial charge in [0.1, 0.15) is 17.0 Å². The van der Waals surface area contributed by atoms with Crippen LogP contribution in [-0.4, -0.2) is 45.7 Å². The van der Waals surface area contributed by atoms with Gasteiger partial charge in [-0.2, -0.15) is 5.10 Å². The number of fused-ring (bicyclic) bond motifs is 1. The van der Waals surface area contributed by atoms with Crippen LogP contribution in [0.4, 0.5) is 0 Å². The van der Waals surface area contributed by atoms with Gasteiger partial charge in [0.15, 0.2) is 0 Å². The standard InChI is InChI=1S/C30H29ClN4O3/c1-30(29(37)32-19-23-10-6-7-11-27(23)38-2)20-35-26(18-25(33-35)22-8-4-3-5-9-22)28(36)34(30)17-16-21-12-14-24(31)15-13-21/h3-15,18H,16-17,19-20H2,1-2H3,(H,32,37)/t30-/m0/s1. The molecule has 3 aromatic carbocycles. The number of carbonyl (C=O) groups excluding carboxylic acids is 2. The van der Waals surface area contributed by atoms with Gasteiger partial charge in [-0.3, -0.25) is 14.3 Å². The number of nitrogens with zero attached hydrogens (tertiary/aromatic N) is 3. The van der Waals surface area contributed by atoms with E-state index < -0.39 is 5.54 Å². The molecule has 2 heterocycles. The molecule has 1 atom stereocenters. The van der Waals surface area contributed by atoms with Crippen LogP contribution in [0.1, 0.15) is 28.5 Å². The van der Waals surface area contributed by atoms with Gasteiger partial charge in [-0.25, -0.2) is 0 Å². The van der Waals surface area contributed by atoms with E-state index in [1.165, 1.54) is 0 Å². The number of methoxy groups -OCH3 is 1. The van der Waals surface area contributed by atoms with Gasteiger partial charge >= 0.3 is 0 Å². The van der Waals surface area contributed by atoms with E-state index in [9.17, 15) is 9.59 Å². The molecule has 8 heteroatoms. The number of amides is 2. The first-order valence-electron chi connectivity index (χ1n) is 12.5. The summed E-state index contributed by atoms with van der Waals surface area (Å²) in [7, 11) is 1.60. The molecule has 2 amide bonds. The summed E-state index contributed by atoms with van der Waals surface area (Å²) < 4.78 is 7.09. The fourth-order valence-electron chi connectivity index (χ4n) is 4.85. The average molecular weight is 529 g/mol. The summed E-state index contributed by atoms with van der Waals surface area (Å²) in [6.45, 7) is 2.68. The highest BCUT2D eigenvalue weighted by molar-refractivity contribution is 6.30. The maximum absolute atomic E-state index is 13.9. The summed E-state index contributed by atoms with van der Waals surface area (Å²) in [5, 5.41) is 8.40. The first-order valence-corrected chi connectivity index (χ1v) is 12.9. The third-order valence-electron chi connectivity index (χ3n) is 7.03. The molecule has 1 N–H and O–H groups in total. The lowest BCUT2D eigenvalue weighted by Gasteiger charge is -2.43. The lowest BCUT2D eigenvalue weighted by molar-refractivity contribution is -0.133. The van der Waals surface area contributed by atoms with Crippen molar-refractivity contribution in [3.8, 4) is 17.0 Å². The number of aromatic nitrogens is 2. The Morgan fingerprint density at radius 2 is 1.76 bits per heavy atom. The van der Waals surface area contributed by atoms with Crippen LogP contribution in [0.3, 0.4) is 0 Å². The predicted octanol–water partition coefficient (Wildman–Crippen LogP) is 4.99. The van der Waals surface area contributed by atoms with E-state index in [1.54, 1.807) is 29.7 Å². The largest absolute Gasteiger partial charge is 0.496 e. The van der Waals surface area contributed by atoms with Crippen molar-refractivity contribution in [3.05, 3.63) is 107 Å². The third-order valence-corrected chi connectivity index (χ3v) is 7.28. The van der Waals surface area contributed by atoms with Crippen LogP contribution in [0.25, 0.3) is 11.3 Å². The van der Waals surface area contributed by atoms with E-state index in [4.69, 9.17) is 21.4 Å². The van der Waals surface area contributed by atoms with Gasteiger partial charge < -0.3 is 15.0 Å². The number of hydrogen-bond donors (Lipinski definition) is 1. The van der Waals surface area contributed by atoms with Gasteiger partial charge in [0.05, 0.1) is 19.3 Å². The van der Waals surface area contributed by atoms with Crippen molar-refractivity contribution >= 4 is 23.4 Å². The molecule has 0 spiro atoms. The fraction of sp³-hybridized carbons (Fsp3) is 0.233. The fourth-order valence-corrected chi connectivity index (χ4v) is 4.97. The third kappa shape index (κ3) is 5.02. The predicted molar refractivity (Wildman–Crippen MR) is 147 cm³/mol. The zero-order valence-corrected chi connectivity index (χ0v) is 22.1. The molecule has 1 aliphatic rings. The summed E-state index contributed by atoms with van der Waals surface area (Å²) in [5.41, 5.74) is 2.81. The van der Waals surface area contributed by atoms with E-state index in [1.807, 2.05) is 78.9 Å². The highest BCUT2D eigenvalue weighted by Crippen LogP contribution is 2.31. The van der Waals surface area contributed by atoms with E-state index in [-0.39, 0.29) is 24.9 Å². The molecule has 0 saturated heterocycles. The molecule has 4 aromatic rings. The van der Waals surface area contributed by atoms with Gasteiger partial charge in [-0.05, 0) is 43.2 Å². The Hall–Kier alpha value is -4.10. The lowest BCUT2D eigenvalue weighted by Crippen LogP contribution is -2.64. The second-order valence-electron chi connectivity index (χ2n) is 9.54. The van der Waals surface area contributed by atoms with E-state index in [0.29, 0.717) is 35.1 Å². The van der Waals surface area contributed by atoms with Gasteiger partial charge in [-0.1, -0.05) is 72.3 Å². The van der Waals surface area contributed by atoms with Crippen LogP contribution >= 0.6 is 11.6 Å². The van der Waals surface area contributed by atoms with E-state index >= 15 is 0 Å². The lowest BCUT2D eigenvalue weighted by atomic mass is 9.94. The number of rotatable bonds is 8. The summed E-state index contributed by atoms with van der Waals surface area (Å²) in [4.78, 5) is 29.3. The molecular weight excluding hydrogens is 500 g/mol. The van der Waals surface area contributed by atoms with Gasteiger partial charge in [0.25, 0.3) is 5.91 Å². The first-order chi connectivity index (χ1) is 18.4.